The van der Waals surface area contributed by atoms with Gasteiger partial charge in [0, 0.05) is 26.2 Å². The molecule has 1 amide bonds. The Morgan fingerprint density at radius 3 is 2.64 bits per heavy atom. The lowest BCUT2D eigenvalue weighted by Crippen LogP contribution is -2.48. The van der Waals surface area contributed by atoms with Gasteiger partial charge in [-0.05, 0) is 31.5 Å². The monoisotopic (exact) mass is 393 g/mol. The van der Waals surface area contributed by atoms with Crippen LogP contribution in [0.3, 0.4) is 0 Å². The van der Waals surface area contributed by atoms with E-state index in [9.17, 15) is 4.79 Å². The number of nitrogens with one attached hydrogen (secondary N) is 1. The highest BCUT2D eigenvalue weighted by atomic mass is 35.5. The number of hydrogen-bond donors (Lipinski definition) is 2. The topological polar surface area (TPSA) is 76.8 Å². The van der Waals surface area contributed by atoms with E-state index in [2.05, 4.69) is 10.2 Å². The van der Waals surface area contributed by atoms with E-state index in [-0.39, 0.29) is 30.7 Å². The molecule has 1 aliphatic heterocycles. The molecule has 1 aromatic rings. The normalized spacial score (nSPS) is 14.8. The molecule has 1 saturated heterocycles. The first kappa shape index (κ1) is 23.9. The van der Waals surface area contributed by atoms with Crippen LogP contribution in [-0.2, 0) is 16.1 Å². The molecule has 0 saturated carbocycles. The Balaban J connectivity index is 0.00000288. The van der Waals surface area contributed by atoms with Gasteiger partial charge < -0.3 is 20.5 Å². The molecule has 1 heterocycles. The number of nitrogens with two attached hydrogens (primary N) is 1. The fourth-order valence-electron chi connectivity index (χ4n) is 2.27. The van der Waals surface area contributed by atoms with Crippen LogP contribution in [0.1, 0.15) is 19.4 Å². The van der Waals surface area contributed by atoms with Gasteiger partial charge >= 0.3 is 0 Å². The van der Waals surface area contributed by atoms with Gasteiger partial charge in [0.15, 0.2) is 0 Å². The van der Waals surface area contributed by atoms with E-state index in [1.165, 1.54) is 0 Å². The average Bonchev–Trinajstić information content (AvgIpc) is 2.53. The molecule has 0 radical (unpaired) electrons. The first-order valence-electron chi connectivity index (χ1n) is 8.04. The van der Waals surface area contributed by atoms with Crippen LogP contribution in [0.4, 0.5) is 0 Å². The summed E-state index contributed by atoms with van der Waals surface area (Å²) in [4.78, 5) is 14.1. The van der Waals surface area contributed by atoms with Crippen molar-refractivity contribution in [3.8, 4) is 5.75 Å². The molecular weight excluding hydrogens is 365 g/mol. The maximum atomic E-state index is 11.8. The van der Waals surface area contributed by atoms with Crippen molar-refractivity contribution in [3.63, 3.8) is 0 Å². The lowest BCUT2D eigenvalue weighted by molar-refractivity contribution is -0.125. The quantitative estimate of drug-likeness (QED) is 0.735. The van der Waals surface area contributed by atoms with Crippen molar-refractivity contribution < 1.29 is 14.3 Å². The fourth-order valence-corrected chi connectivity index (χ4v) is 2.27. The number of benzene rings is 1. The molecule has 1 fully saturated rings. The van der Waals surface area contributed by atoms with Crippen LogP contribution in [0.2, 0.25) is 0 Å². The average molecular weight is 394 g/mol. The van der Waals surface area contributed by atoms with Gasteiger partial charge in [-0.15, -0.1) is 24.8 Å². The van der Waals surface area contributed by atoms with Crippen molar-refractivity contribution in [1.29, 1.82) is 0 Å². The Hall–Kier alpha value is -1.05. The number of nitrogens with zero attached hydrogens (tertiary/aromatic N) is 1. The summed E-state index contributed by atoms with van der Waals surface area (Å²) in [6.07, 6.45) is 0. The number of morpholine rings is 1. The van der Waals surface area contributed by atoms with Gasteiger partial charge in [-0.25, -0.2) is 0 Å². The minimum Gasteiger partial charge on any atom is -0.492 e. The maximum absolute atomic E-state index is 11.8. The van der Waals surface area contributed by atoms with Crippen molar-refractivity contribution in [1.82, 2.24) is 10.2 Å². The van der Waals surface area contributed by atoms with Crippen LogP contribution in [0.5, 0.6) is 5.75 Å². The van der Waals surface area contributed by atoms with Crippen molar-refractivity contribution in [2.45, 2.75) is 25.9 Å². The predicted octanol–water partition coefficient (Wildman–Crippen LogP) is 1.59. The lowest BCUT2D eigenvalue weighted by Gasteiger charge is -2.26. The number of carbonyl (C=O) groups is 1. The Kier molecular flexibility index (Phi) is 11.1. The molecule has 6 nitrogen and oxygen atoms in total. The SMILES string of the molecule is CC(C)(N)C(=O)NCc1cccc(OCCN2CCOCC2)c1.Cl.Cl. The molecule has 0 aromatic heterocycles. The zero-order chi connectivity index (χ0) is 16.7. The third kappa shape index (κ3) is 8.74. The molecule has 0 unspecified atom stereocenters. The molecule has 144 valence electrons. The highest BCUT2D eigenvalue weighted by Crippen LogP contribution is 2.13. The summed E-state index contributed by atoms with van der Waals surface area (Å²) in [5, 5.41) is 2.83. The third-order valence-electron chi connectivity index (χ3n) is 3.72. The Morgan fingerprint density at radius 2 is 2.00 bits per heavy atom. The summed E-state index contributed by atoms with van der Waals surface area (Å²) >= 11 is 0. The first-order chi connectivity index (χ1) is 10.9. The van der Waals surface area contributed by atoms with Gasteiger partial charge in [0.25, 0.3) is 0 Å². The number of ether oxygens (including phenoxy) is 2. The van der Waals surface area contributed by atoms with Gasteiger partial charge in [-0.3, -0.25) is 9.69 Å². The lowest BCUT2D eigenvalue weighted by atomic mass is 10.1. The van der Waals surface area contributed by atoms with E-state index < -0.39 is 5.54 Å². The maximum Gasteiger partial charge on any atom is 0.239 e. The van der Waals surface area contributed by atoms with Gasteiger partial charge in [0.05, 0.1) is 18.8 Å². The standard InChI is InChI=1S/C17H27N3O3.2ClH/c1-17(2,18)16(21)19-13-14-4-3-5-15(12-14)23-11-8-20-6-9-22-10-7-20;;/h3-5,12H,6-11,13,18H2,1-2H3,(H,19,21);2*1H. The van der Waals surface area contributed by atoms with Crippen LogP contribution in [0.25, 0.3) is 0 Å². The summed E-state index contributed by atoms with van der Waals surface area (Å²) < 4.78 is 11.1. The predicted molar refractivity (Wildman–Crippen MR) is 104 cm³/mol. The van der Waals surface area contributed by atoms with E-state index in [0.29, 0.717) is 13.2 Å². The molecule has 1 aromatic carbocycles. The second-order valence-corrected chi connectivity index (χ2v) is 6.35. The summed E-state index contributed by atoms with van der Waals surface area (Å²) in [5.74, 6) is 0.646. The van der Waals surface area contributed by atoms with E-state index in [0.717, 1.165) is 44.2 Å². The van der Waals surface area contributed by atoms with Crippen molar-refractivity contribution in [2.24, 2.45) is 5.73 Å². The minimum atomic E-state index is -0.869. The first-order valence-corrected chi connectivity index (χ1v) is 8.04. The summed E-state index contributed by atoms with van der Waals surface area (Å²) in [6, 6.07) is 7.76. The van der Waals surface area contributed by atoms with Crippen molar-refractivity contribution in [2.75, 3.05) is 39.5 Å². The zero-order valence-corrected chi connectivity index (χ0v) is 16.5. The number of carbonyl (C=O) groups excluding carboxylic acids is 1. The highest BCUT2D eigenvalue weighted by molar-refractivity contribution is 5.85. The summed E-state index contributed by atoms with van der Waals surface area (Å²) in [5.41, 5.74) is 5.88. The number of rotatable bonds is 7. The van der Waals surface area contributed by atoms with E-state index in [1.807, 2.05) is 24.3 Å². The molecule has 25 heavy (non-hydrogen) atoms. The Bertz CT molecular complexity index is 518. The van der Waals surface area contributed by atoms with E-state index in [1.54, 1.807) is 13.8 Å². The second kappa shape index (κ2) is 11.5. The van der Waals surface area contributed by atoms with E-state index in [4.69, 9.17) is 15.2 Å². The van der Waals surface area contributed by atoms with Gasteiger partial charge in [-0.2, -0.15) is 0 Å². The summed E-state index contributed by atoms with van der Waals surface area (Å²) in [6.45, 7) is 8.88. The molecule has 8 heteroatoms. The van der Waals surface area contributed by atoms with Crippen LogP contribution in [0.15, 0.2) is 24.3 Å². The van der Waals surface area contributed by atoms with Crippen LogP contribution in [-0.4, -0.2) is 55.8 Å². The Morgan fingerprint density at radius 1 is 1.32 bits per heavy atom. The van der Waals surface area contributed by atoms with Crippen LogP contribution in [0, 0.1) is 0 Å². The third-order valence-corrected chi connectivity index (χ3v) is 3.72. The summed E-state index contributed by atoms with van der Waals surface area (Å²) in [7, 11) is 0. The van der Waals surface area contributed by atoms with Gasteiger partial charge in [0.2, 0.25) is 5.91 Å². The van der Waals surface area contributed by atoms with Crippen LogP contribution >= 0.6 is 24.8 Å². The van der Waals surface area contributed by atoms with Crippen molar-refractivity contribution in [3.05, 3.63) is 29.8 Å². The number of amides is 1. The zero-order valence-electron chi connectivity index (χ0n) is 14.8. The van der Waals surface area contributed by atoms with Crippen LogP contribution < -0.4 is 15.8 Å². The molecule has 2 rings (SSSR count). The van der Waals surface area contributed by atoms with Crippen molar-refractivity contribution >= 4 is 30.7 Å². The second-order valence-electron chi connectivity index (χ2n) is 6.35. The minimum absolute atomic E-state index is 0. The van der Waals surface area contributed by atoms with Gasteiger partial charge in [-0.1, -0.05) is 12.1 Å². The number of hydrogen-bond acceptors (Lipinski definition) is 5. The fraction of sp³-hybridized carbons (Fsp3) is 0.588. The molecular formula is C17H29Cl2N3O3. The molecule has 3 N–H and O–H groups in total. The molecule has 0 spiro atoms. The smallest absolute Gasteiger partial charge is 0.239 e. The Labute approximate surface area is 162 Å². The highest BCUT2D eigenvalue weighted by Gasteiger charge is 2.21. The van der Waals surface area contributed by atoms with E-state index >= 15 is 0 Å². The largest absolute Gasteiger partial charge is 0.492 e. The van der Waals surface area contributed by atoms with Gasteiger partial charge in [0.1, 0.15) is 12.4 Å². The molecule has 0 bridgehead atoms. The molecule has 0 aliphatic carbocycles. The number of halogens is 2. The molecule has 1 aliphatic rings. The molecule has 0 atom stereocenters.